The molecule has 1 saturated carbocycles. The summed E-state index contributed by atoms with van der Waals surface area (Å²) in [6.07, 6.45) is 2.42. The van der Waals surface area contributed by atoms with Crippen LogP contribution in [0.2, 0.25) is 0 Å². The Morgan fingerprint density at radius 3 is 2.76 bits per heavy atom. The molecule has 1 aliphatic rings. The van der Waals surface area contributed by atoms with Gasteiger partial charge in [-0.2, -0.15) is 0 Å². The van der Waals surface area contributed by atoms with E-state index in [4.69, 9.17) is 0 Å². The molecule has 2 atom stereocenters. The smallest absolute Gasteiger partial charge is 0.255 e. The molecule has 0 heterocycles. The number of rotatable bonds is 3. The summed E-state index contributed by atoms with van der Waals surface area (Å²) in [5, 5.41) is 24.4. The van der Waals surface area contributed by atoms with Crippen molar-refractivity contribution in [3.8, 4) is 5.75 Å². The number of hydrogen-bond donors (Lipinski definition) is 3. The van der Waals surface area contributed by atoms with Crippen LogP contribution in [0.1, 0.15) is 29.6 Å². The maximum Gasteiger partial charge on any atom is 0.255 e. The van der Waals surface area contributed by atoms with E-state index in [1.807, 2.05) is 24.3 Å². The van der Waals surface area contributed by atoms with Crippen LogP contribution in [0.15, 0.2) is 36.4 Å². The molecule has 2 aromatic rings. The van der Waals surface area contributed by atoms with Crippen molar-refractivity contribution in [3.63, 3.8) is 0 Å². The Morgan fingerprint density at radius 2 is 2.00 bits per heavy atom. The number of phenolic OH excluding ortho intramolecular Hbond substituents is 1. The van der Waals surface area contributed by atoms with Gasteiger partial charge in [-0.25, -0.2) is 0 Å². The first-order valence-electron chi connectivity index (χ1n) is 7.34. The monoisotopic (exact) mass is 285 g/mol. The molecular weight excluding hydrogens is 266 g/mol. The predicted octanol–water partition coefficient (Wildman–Crippen LogP) is 2.44. The number of phenols is 1. The van der Waals surface area contributed by atoms with E-state index >= 15 is 0 Å². The van der Waals surface area contributed by atoms with E-state index in [9.17, 15) is 15.0 Å². The van der Waals surface area contributed by atoms with Crippen LogP contribution in [-0.2, 0) is 0 Å². The van der Waals surface area contributed by atoms with Crippen LogP contribution in [0.5, 0.6) is 5.75 Å². The van der Waals surface area contributed by atoms with Gasteiger partial charge in [-0.15, -0.1) is 0 Å². The minimum absolute atomic E-state index is 0.0116. The van der Waals surface area contributed by atoms with Gasteiger partial charge in [-0.1, -0.05) is 36.8 Å². The van der Waals surface area contributed by atoms with Crippen LogP contribution in [0.4, 0.5) is 0 Å². The number of fused-ring (bicyclic) bond motifs is 1. The number of hydrogen-bond acceptors (Lipinski definition) is 3. The van der Waals surface area contributed by atoms with E-state index in [1.54, 1.807) is 12.1 Å². The van der Waals surface area contributed by atoms with Gasteiger partial charge in [-0.3, -0.25) is 4.79 Å². The van der Waals surface area contributed by atoms with E-state index < -0.39 is 0 Å². The zero-order valence-corrected chi connectivity index (χ0v) is 11.7. The van der Waals surface area contributed by atoms with Gasteiger partial charge in [0.25, 0.3) is 5.91 Å². The molecule has 0 radical (unpaired) electrons. The molecule has 4 nitrogen and oxygen atoms in total. The van der Waals surface area contributed by atoms with Crippen molar-refractivity contribution in [2.45, 2.75) is 25.4 Å². The molecule has 2 aromatic carbocycles. The van der Waals surface area contributed by atoms with Crippen molar-refractivity contribution in [2.24, 2.45) is 5.92 Å². The number of aliphatic hydroxyl groups is 1. The molecule has 21 heavy (non-hydrogen) atoms. The third-order valence-corrected chi connectivity index (χ3v) is 4.29. The summed E-state index contributed by atoms with van der Waals surface area (Å²) in [4.78, 5) is 12.2. The highest BCUT2D eigenvalue weighted by atomic mass is 16.3. The summed E-state index contributed by atoms with van der Waals surface area (Å²) in [6, 6.07) is 10.9. The highest BCUT2D eigenvalue weighted by molar-refractivity contribution is 6.03. The Kier molecular flexibility index (Phi) is 3.80. The molecule has 0 spiro atoms. The van der Waals surface area contributed by atoms with Gasteiger partial charge in [0, 0.05) is 17.8 Å². The normalized spacial score (nSPS) is 21.6. The average molecular weight is 285 g/mol. The second-order valence-electron chi connectivity index (χ2n) is 5.65. The zero-order valence-electron chi connectivity index (χ0n) is 11.7. The lowest BCUT2D eigenvalue weighted by molar-refractivity contribution is 0.0914. The van der Waals surface area contributed by atoms with E-state index in [-0.39, 0.29) is 29.2 Å². The van der Waals surface area contributed by atoms with Gasteiger partial charge < -0.3 is 15.5 Å². The standard InChI is InChI=1S/C17H19NO3/c19-15-7-3-5-12(15)10-18-17(21)14-9-8-11-4-1-2-6-13(11)16(14)20/h1-2,4,6,8-9,12,15,19-20H,3,5,7,10H2,(H,18,21). The fourth-order valence-corrected chi connectivity index (χ4v) is 3.01. The summed E-state index contributed by atoms with van der Waals surface area (Å²) in [6.45, 7) is 0.451. The van der Waals surface area contributed by atoms with Crippen LogP contribution >= 0.6 is 0 Å². The Hall–Kier alpha value is -2.07. The molecule has 1 aliphatic carbocycles. The lowest BCUT2D eigenvalue weighted by Crippen LogP contribution is -2.32. The molecular formula is C17H19NO3. The second kappa shape index (κ2) is 5.74. The highest BCUT2D eigenvalue weighted by Crippen LogP contribution is 2.29. The molecule has 0 saturated heterocycles. The third-order valence-electron chi connectivity index (χ3n) is 4.29. The Bertz CT molecular complexity index is 668. The number of aliphatic hydroxyl groups excluding tert-OH is 1. The molecule has 0 aliphatic heterocycles. The van der Waals surface area contributed by atoms with Gasteiger partial charge in [-0.05, 0) is 24.3 Å². The number of aromatic hydroxyl groups is 1. The Balaban J connectivity index is 1.77. The van der Waals surface area contributed by atoms with Gasteiger partial charge in [0.2, 0.25) is 0 Å². The minimum atomic E-state index is -0.324. The van der Waals surface area contributed by atoms with Crippen LogP contribution in [0.25, 0.3) is 10.8 Å². The van der Waals surface area contributed by atoms with Gasteiger partial charge in [0.1, 0.15) is 5.75 Å². The van der Waals surface area contributed by atoms with Crippen molar-refractivity contribution >= 4 is 16.7 Å². The average Bonchev–Trinajstić information content (AvgIpc) is 2.91. The van der Waals surface area contributed by atoms with Crippen LogP contribution in [-0.4, -0.2) is 28.8 Å². The second-order valence-corrected chi connectivity index (χ2v) is 5.65. The van der Waals surface area contributed by atoms with Gasteiger partial charge in [0.15, 0.2) is 0 Å². The Labute approximate surface area is 123 Å². The largest absolute Gasteiger partial charge is 0.506 e. The summed E-state index contributed by atoms with van der Waals surface area (Å²) in [5.41, 5.74) is 0.279. The SMILES string of the molecule is O=C(NCC1CCCC1O)c1ccc2ccccc2c1O. The molecule has 0 bridgehead atoms. The Morgan fingerprint density at radius 1 is 1.19 bits per heavy atom. The molecule has 3 rings (SSSR count). The first-order valence-corrected chi connectivity index (χ1v) is 7.34. The lowest BCUT2D eigenvalue weighted by atomic mass is 10.0. The molecule has 4 heteroatoms. The fourth-order valence-electron chi connectivity index (χ4n) is 3.01. The van der Waals surface area contributed by atoms with Crippen LogP contribution < -0.4 is 5.32 Å². The van der Waals surface area contributed by atoms with Crippen molar-refractivity contribution in [3.05, 3.63) is 42.0 Å². The zero-order chi connectivity index (χ0) is 14.8. The molecule has 1 fully saturated rings. The molecule has 3 N–H and O–H groups in total. The quantitative estimate of drug-likeness (QED) is 0.811. The van der Waals surface area contributed by atoms with Crippen molar-refractivity contribution in [1.29, 1.82) is 0 Å². The molecule has 2 unspecified atom stereocenters. The van der Waals surface area contributed by atoms with E-state index in [0.717, 1.165) is 24.6 Å². The summed E-state index contributed by atoms with van der Waals surface area (Å²) in [5.74, 6) is -0.161. The first-order chi connectivity index (χ1) is 10.2. The molecule has 110 valence electrons. The highest BCUT2D eigenvalue weighted by Gasteiger charge is 2.25. The fraction of sp³-hybridized carbons (Fsp3) is 0.353. The maximum atomic E-state index is 12.2. The van der Waals surface area contributed by atoms with E-state index in [2.05, 4.69) is 5.32 Å². The van der Waals surface area contributed by atoms with Gasteiger partial charge >= 0.3 is 0 Å². The number of carbonyl (C=O) groups is 1. The maximum absolute atomic E-state index is 12.2. The third kappa shape index (κ3) is 2.72. The number of carbonyl (C=O) groups excluding carboxylic acids is 1. The lowest BCUT2D eigenvalue weighted by Gasteiger charge is -2.15. The van der Waals surface area contributed by atoms with Gasteiger partial charge in [0.05, 0.1) is 11.7 Å². The predicted molar refractivity (Wildman–Crippen MR) is 81.3 cm³/mol. The van der Waals surface area contributed by atoms with E-state index in [1.165, 1.54) is 0 Å². The number of amides is 1. The van der Waals surface area contributed by atoms with Crippen LogP contribution in [0.3, 0.4) is 0 Å². The molecule has 0 aromatic heterocycles. The summed E-state index contributed by atoms with van der Waals surface area (Å²) in [7, 11) is 0. The van der Waals surface area contributed by atoms with Crippen molar-refractivity contribution < 1.29 is 15.0 Å². The number of benzene rings is 2. The number of nitrogens with one attached hydrogen (secondary N) is 1. The minimum Gasteiger partial charge on any atom is -0.506 e. The first kappa shape index (κ1) is 13.9. The van der Waals surface area contributed by atoms with Crippen molar-refractivity contribution in [2.75, 3.05) is 6.54 Å². The molecule has 1 amide bonds. The summed E-state index contributed by atoms with van der Waals surface area (Å²) < 4.78 is 0. The van der Waals surface area contributed by atoms with Crippen molar-refractivity contribution in [1.82, 2.24) is 5.32 Å². The van der Waals surface area contributed by atoms with E-state index in [0.29, 0.717) is 11.9 Å². The topological polar surface area (TPSA) is 69.6 Å². The van der Waals surface area contributed by atoms with Crippen LogP contribution in [0, 0.1) is 5.92 Å². The summed E-state index contributed by atoms with van der Waals surface area (Å²) >= 11 is 0.